The van der Waals surface area contributed by atoms with Crippen LogP contribution in [0.25, 0.3) is 5.65 Å². The van der Waals surface area contributed by atoms with E-state index in [-0.39, 0.29) is 5.91 Å². The summed E-state index contributed by atoms with van der Waals surface area (Å²) in [5.74, 6) is 0.672. The van der Waals surface area contributed by atoms with Gasteiger partial charge in [-0.15, -0.1) is 10.2 Å². The van der Waals surface area contributed by atoms with Crippen molar-refractivity contribution in [3.8, 4) is 0 Å². The first-order chi connectivity index (χ1) is 10.6. The lowest BCUT2D eigenvalue weighted by Gasteiger charge is -2.33. The predicted molar refractivity (Wildman–Crippen MR) is 84.8 cm³/mol. The molecule has 22 heavy (non-hydrogen) atoms. The highest BCUT2D eigenvalue weighted by molar-refractivity contribution is 5.99. The maximum Gasteiger partial charge on any atom is 0.257 e. The quantitative estimate of drug-likeness (QED) is 0.859. The van der Waals surface area contributed by atoms with Gasteiger partial charge in [-0.3, -0.25) is 9.20 Å². The minimum Gasteiger partial charge on any atom is -0.338 e. The number of rotatable bonds is 4. The second kappa shape index (κ2) is 6.44. The molecule has 1 saturated heterocycles. The summed E-state index contributed by atoms with van der Waals surface area (Å²) in [6.07, 6.45) is 6.93. The number of likely N-dealkylation sites (tertiary alicyclic amines) is 1. The van der Waals surface area contributed by atoms with Crippen molar-refractivity contribution in [1.29, 1.82) is 0 Å². The molecule has 0 saturated carbocycles. The molecule has 1 atom stereocenters. The van der Waals surface area contributed by atoms with Crippen molar-refractivity contribution in [2.45, 2.75) is 19.3 Å². The van der Waals surface area contributed by atoms with Gasteiger partial charge in [-0.25, -0.2) is 0 Å². The van der Waals surface area contributed by atoms with Crippen LogP contribution in [0.2, 0.25) is 0 Å². The zero-order chi connectivity index (χ0) is 15.5. The summed E-state index contributed by atoms with van der Waals surface area (Å²) in [4.78, 5) is 17.0. The standard InChI is InChI=1S/C16H23N5O/c1-19(2)10-7-13-5-3-8-20(11-13)16(22)14-6-4-9-21-12-17-18-15(14)21/h4,6,9,12-13H,3,5,7-8,10-11H2,1-2H3/t13-/m1/s1. The van der Waals surface area contributed by atoms with E-state index < -0.39 is 0 Å². The number of carbonyl (C=O) groups is 1. The van der Waals surface area contributed by atoms with Gasteiger partial charge in [-0.2, -0.15) is 0 Å². The average Bonchev–Trinajstić information content (AvgIpc) is 3.01. The highest BCUT2D eigenvalue weighted by atomic mass is 16.2. The second-order valence-electron chi connectivity index (χ2n) is 6.34. The van der Waals surface area contributed by atoms with E-state index in [0.717, 1.165) is 32.5 Å². The molecule has 1 amide bonds. The average molecular weight is 301 g/mol. The number of piperidine rings is 1. The molecular weight excluding hydrogens is 278 g/mol. The summed E-state index contributed by atoms with van der Waals surface area (Å²) < 4.78 is 1.79. The fourth-order valence-corrected chi connectivity index (χ4v) is 3.11. The molecule has 3 rings (SSSR count). The molecule has 2 aromatic heterocycles. The van der Waals surface area contributed by atoms with E-state index in [0.29, 0.717) is 17.1 Å². The van der Waals surface area contributed by atoms with Crippen molar-refractivity contribution >= 4 is 11.6 Å². The van der Waals surface area contributed by atoms with Crippen LogP contribution in [0.1, 0.15) is 29.6 Å². The van der Waals surface area contributed by atoms with Crippen molar-refractivity contribution < 1.29 is 4.79 Å². The first kappa shape index (κ1) is 15.0. The molecule has 0 spiro atoms. The van der Waals surface area contributed by atoms with Gasteiger partial charge in [0.1, 0.15) is 6.33 Å². The number of pyridine rings is 1. The molecule has 0 unspecified atom stereocenters. The van der Waals surface area contributed by atoms with Crippen LogP contribution >= 0.6 is 0 Å². The van der Waals surface area contributed by atoms with Crippen LogP contribution in [0.4, 0.5) is 0 Å². The van der Waals surface area contributed by atoms with Crippen molar-refractivity contribution in [2.24, 2.45) is 5.92 Å². The van der Waals surface area contributed by atoms with Crippen molar-refractivity contribution in [3.63, 3.8) is 0 Å². The highest BCUT2D eigenvalue weighted by Gasteiger charge is 2.26. The molecule has 3 heterocycles. The van der Waals surface area contributed by atoms with Gasteiger partial charge in [0.05, 0.1) is 5.56 Å². The Morgan fingerprint density at radius 3 is 3.14 bits per heavy atom. The molecule has 0 radical (unpaired) electrons. The Balaban J connectivity index is 1.73. The van der Waals surface area contributed by atoms with Gasteiger partial charge in [0.15, 0.2) is 5.65 Å². The summed E-state index contributed by atoms with van der Waals surface area (Å²) in [5, 5.41) is 7.96. The lowest BCUT2D eigenvalue weighted by atomic mass is 9.94. The zero-order valence-corrected chi connectivity index (χ0v) is 13.3. The van der Waals surface area contributed by atoms with E-state index in [1.165, 1.54) is 6.42 Å². The number of nitrogens with zero attached hydrogens (tertiary/aromatic N) is 5. The summed E-state index contributed by atoms with van der Waals surface area (Å²) >= 11 is 0. The maximum atomic E-state index is 12.8. The smallest absolute Gasteiger partial charge is 0.257 e. The molecule has 0 aliphatic carbocycles. The number of amides is 1. The van der Waals surface area contributed by atoms with Gasteiger partial charge in [0.2, 0.25) is 0 Å². The van der Waals surface area contributed by atoms with Crippen LogP contribution in [0.5, 0.6) is 0 Å². The molecule has 1 fully saturated rings. The lowest BCUT2D eigenvalue weighted by molar-refractivity contribution is 0.0665. The largest absolute Gasteiger partial charge is 0.338 e. The number of hydrogen-bond acceptors (Lipinski definition) is 4. The van der Waals surface area contributed by atoms with Crippen LogP contribution in [-0.2, 0) is 0 Å². The third-order valence-corrected chi connectivity index (χ3v) is 4.34. The Labute approximate surface area is 130 Å². The first-order valence-corrected chi connectivity index (χ1v) is 7.87. The summed E-state index contributed by atoms with van der Waals surface area (Å²) in [7, 11) is 4.19. The van der Waals surface area contributed by atoms with Gasteiger partial charge >= 0.3 is 0 Å². The Hall–Kier alpha value is -1.95. The second-order valence-corrected chi connectivity index (χ2v) is 6.34. The fourth-order valence-electron chi connectivity index (χ4n) is 3.11. The van der Waals surface area contributed by atoms with Crippen LogP contribution in [0, 0.1) is 5.92 Å². The summed E-state index contributed by atoms with van der Waals surface area (Å²) in [6.45, 7) is 2.76. The summed E-state index contributed by atoms with van der Waals surface area (Å²) in [5.41, 5.74) is 1.29. The molecule has 6 nitrogen and oxygen atoms in total. The lowest BCUT2D eigenvalue weighted by Crippen LogP contribution is -2.40. The number of hydrogen-bond donors (Lipinski definition) is 0. The Bertz CT molecular complexity index is 651. The molecule has 0 N–H and O–H groups in total. The molecule has 118 valence electrons. The Morgan fingerprint density at radius 2 is 2.32 bits per heavy atom. The van der Waals surface area contributed by atoms with Crippen LogP contribution < -0.4 is 0 Å². The minimum atomic E-state index is 0.0770. The van der Waals surface area contributed by atoms with E-state index in [2.05, 4.69) is 29.2 Å². The zero-order valence-electron chi connectivity index (χ0n) is 13.3. The third kappa shape index (κ3) is 3.11. The Morgan fingerprint density at radius 1 is 1.45 bits per heavy atom. The van der Waals surface area contributed by atoms with E-state index >= 15 is 0 Å². The first-order valence-electron chi connectivity index (χ1n) is 7.87. The van der Waals surface area contributed by atoms with Crippen molar-refractivity contribution in [1.82, 2.24) is 24.4 Å². The van der Waals surface area contributed by atoms with Gasteiger partial charge < -0.3 is 9.80 Å². The van der Waals surface area contributed by atoms with Crippen LogP contribution in [0.15, 0.2) is 24.7 Å². The van der Waals surface area contributed by atoms with Crippen LogP contribution in [-0.4, -0.2) is 64.0 Å². The monoisotopic (exact) mass is 301 g/mol. The minimum absolute atomic E-state index is 0.0770. The number of carbonyl (C=O) groups excluding carboxylic acids is 1. The molecule has 0 aromatic carbocycles. The SMILES string of the molecule is CN(C)CC[C@H]1CCCN(C(=O)c2cccn3cnnc23)C1. The fraction of sp³-hybridized carbons (Fsp3) is 0.562. The number of fused-ring (bicyclic) bond motifs is 1. The van der Waals surface area contributed by atoms with E-state index in [9.17, 15) is 4.79 Å². The van der Waals surface area contributed by atoms with Crippen molar-refractivity contribution in [3.05, 3.63) is 30.2 Å². The predicted octanol–water partition coefficient (Wildman–Crippen LogP) is 1.53. The number of aromatic nitrogens is 3. The van der Waals surface area contributed by atoms with Gasteiger partial charge in [0, 0.05) is 19.3 Å². The maximum absolute atomic E-state index is 12.8. The molecule has 1 aliphatic rings. The Kier molecular flexibility index (Phi) is 4.38. The third-order valence-electron chi connectivity index (χ3n) is 4.34. The molecule has 0 bridgehead atoms. The molecule has 1 aliphatic heterocycles. The van der Waals surface area contributed by atoms with Crippen molar-refractivity contribution in [2.75, 3.05) is 33.7 Å². The van der Waals surface area contributed by atoms with Gasteiger partial charge in [-0.1, -0.05) is 0 Å². The molecule has 6 heteroatoms. The van der Waals surface area contributed by atoms with Gasteiger partial charge in [-0.05, 0) is 58.0 Å². The molecule has 2 aromatic rings. The van der Waals surface area contributed by atoms with Crippen LogP contribution in [0.3, 0.4) is 0 Å². The summed E-state index contributed by atoms with van der Waals surface area (Å²) in [6, 6.07) is 3.72. The van der Waals surface area contributed by atoms with E-state index in [1.54, 1.807) is 10.7 Å². The topological polar surface area (TPSA) is 53.7 Å². The van der Waals surface area contributed by atoms with Gasteiger partial charge in [0.25, 0.3) is 5.91 Å². The van der Waals surface area contributed by atoms with E-state index in [4.69, 9.17) is 0 Å². The molecular formula is C16H23N5O. The van der Waals surface area contributed by atoms with E-state index in [1.807, 2.05) is 23.2 Å². The highest BCUT2D eigenvalue weighted by Crippen LogP contribution is 2.22. The normalized spacial score (nSPS) is 19.0.